The molecule has 2 fully saturated rings. The third-order valence-corrected chi connectivity index (χ3v) is 4.13. The molecule has 1 amide bonds. The lowest BCUT2D eigenvalue weighted by atomic mass is 9.95. The third kappa shape index (κ3) is 7.96. The summed E-state index contributed by atoms with van der Waals surface area (Å²) in [7, 11) is 0. The van der Waals surface area contributed by atoms with E-state index in [0.717, 1.165) is 32.5 Å². The molecule has 4 heteroatoms. The number of carbonyl (C=O) groups is 2. The van der Waals surface area contributed by atoms with E-state index in [9.17, 15) is 9.59 Å². The molecule has 0 spiro atoms. The van der Waals surface area contributed by atoms with Crippen LogP contribution in [0, 0.1) is 17.8 Å². The van der Waals surface area contributed by atoms with Crippen molar-refractivity contribution in [1.82, 2.24) is 10.2 Å². The molecule has 2 heterocycles. The first kappa shape index (κ1) is 24.4. The Hall–Kier alpha value is -0.900. The van der Waals surface area contributed by atoms with Crippen molar-refractivity contribution in [2.45, 2.75) is 68.2 Å². The summed E-state index contributed by atoms with van der Waals surface area (Å²) in [6.45, 7) is 19.0. The van der Waals surface area contributed by atoms with Crippen LogP contribution in [0.2, 0.25) is 0 Å². The second kappa shape index (κ2) is 14.7. The highest BCUT2D eigenvalue weighted by Crippen LogP contribution is 2.26. The lowest BCUT2D eigenvalue weighted by molar-refractivity contribution is -0.135. The molecule has 0 aromatic rings. The summed E-state index contributed by atoms with van der Waals surface area (Å²) < 4.78 is 0. The molecule has 2 aliphatic rings. The summed E-state index contributed by atoms with van der Waals surface area (Å²) in [6.07, 6.45) is 1.88. The van der Waals surface area contributed by atoms with Gasteiger partial charge in [-0.3, -0.25) is 9.59 Å². The van der Waals surface area contributed by atoms with Gasteiger partial charge in [0.25, 0.3) is 0 Å². The number of hydrogen-bond acceptors (Lipinski definition) is 3. The van der Waals surface area contributed by atoms with E-state index in [0.29, 0.717) is 12.5 Å². The number of carbonyl (C=O) groups excluding carboxylic acids is 2. The molecule has 2 atom stereocenters. The molecule has 0 aromatic carbocycles. The van der Waals surface area contributed by atoms with Gasteiger partial charge in [0.15, 0.2) is 0 Å². The summed E-state index contributed by atoms with van der Waals surface area (Å²) in [5.74, 6) is 1.04. The fourth-order valence-corrected chi connectivity index (χ4v) is 3.00. The molecule has 0 aromatic heterocycles. The van der Waals surface area contributed by atoms with Gasteiger partial charge in [-0.25, -0.2) is 0 Å². The fraction of sp³-hybridized carbons (Fsp3) is 0.895. The van der Waals surface area contributed by atoms with E-state index in [1.54, 1.807) is 6.92 Å². The molecule has 2 saturated heterocycles. The second-order valence-corrected chi connectivity index (χ2v) is 5.46. The van der Waals surface area contributed by atoms with Crippen LogP contribution in [0.4, 0.5) is 0 Å². The summed E-state index contributed by atoms with van der Waals surface area (Å²) >= 11 is 0. The van der Waals surface area contributed by atoms with Gasteiger partial charge in [-0.1, -0.05) is 48.5 Å². The Bertz CT molecular complexity index is 312. The summed E-state index contributed by atoms with van der Waals surface area (Å²) in [5.41, 5.74) is 0. The van der Waals surface area contributed by atoms with Crippen LogP contribution in [0.15, 0.2) is 0 Å². The van der Waals surface area contributed by atoms with Gasteiger partial charge in [-0.15, -0.1) is 0 Å². The first-order valence-electron chi connectivity index (χ1n) is 9.59. The van der Waals surface area contributed by atoms with Crippen molar-refractivity contribution < 1.29 is 9.59 Å². The molecule has 2 aliphatic heterocycles. The quantitative estimate of drug-likeness (QED) is 0.840. The van der Waals surface area contributed by atoms with E-state index < -0.39 is 0 Å². The number of rotatable bonds is 2. The standard InChI is InChI=1S/C13H22N2O2.3C2H6/c1-9-7-15(8-12(9)10(2)16)13(17)11-3-5-14-6-4-11;3*1-2/h9,11-12,14H,3-8H2,1-2H3;3*1-2H3. The molecule has 0 saturated carbocycles. The Balaban J connectivity index is 0. The molecule has 23 heavy (non-hydrogen) atoms. The van der Waals surface area contributed by atoms with Crippen LogP contribution in [-0.4, -0.2) is 42.8 Å². The van der Waals surface area contributed by atoms with E-state index in [1.165, 1.54) is 0 Å². The number of piperidine rings is 1. The van der Waals surface area contributed by atoms with Gasteiger partial charge in [-0.2, -0.15) is 0 Å². The van der Waals surface area contributed by atoms with Crippen LogP contribution >= 0.6 is 0 Å². The maximum atomic E-state index is 12.3. The number of nitrogens with one attached hydrogen (secondary N) is 1. The molecule has 4 nitrogen and oxygen atoms in total. The number of Topliss-reactive ketones (excluding diaryl/α,β-unsaturated/α-hetero) is 1. The number of nitrogens with zero attached hydrogens (tertiary/aromatic N) is 1. The maximum absolute atomic E-state index is 12.3. The van der Waals surface area contributed by atoms with Crippen molar-refractivity contribution >= 4 is 11.7 Å². The van der Waals surface area contributed by atoms with Crippen molar-refractivity contribution in [3.8, 4) is 0 Å². The molecular formula is C19H40N2O2. The van der Waals surface area contributed by atoms with Crippen molar-refractivity contribution in [3.05, 3.63) is 0 Å². The predicted octanol–water partition coefficient (Wildman–Crippen LogP) is 3.75. The second-order valence-electron chi connectivity index (χ2n) is 5.46. The highest BCUT2D eigenvalue weighted by Gasteiger charge is 2.37. The number of hydrogen-bond donors (Lipinski definition) is 1. The van der Waals surface area contributed by atoms with Crippen molar-refractivity contribution in [2.75, 3.05) is 26.2 Å². The smallest absolute Gasteiger partial charge is 0.225 e. The average molecular weight is 329 g/mol. The van der Waals surface area contributed by atoms with Gasteiger partial charge in [0.1, 0.15) is 5.78 Å². The number of ketones is 1. The highest BCUT2D eigenvalue weighted by atomic mass is 16.2. The molecular weight excluding hydrogens is 288 g/mol. The SMILES string of the molecule is CC.CC.CC.CC(=O)C1CN(C(=O)C2CCNCC2)CC1C. The molecule has 2 rings (SSSR count). The van der Waals surface area contributed by atoms with Gasteiger partial charge < -0.3 is 10.2 Å². The minimum absolute atomic E-state index is 0.0562. The van der Waals surface area contributed by atoms with Crippen molar-refractivity contribution in [1.29, 1.82) is 0 Å². The lowest BCUT2D eigenvalue weighted by Gasteiger charge is -2.26. The normalized spacial score (nSPS) is 23.4. The average Bonchev–Trinajstić information content (AvgIpc) is 3.02. The Morgan fingerprint density at radius 3 is 1.78 bits per heavy atom. The molecule has 0 aliphatic carbocycles. The maximum Gasteiger partial charge on any atom is 0.225 e. The summed E-state index contributed by atoms with van der Waals surface area (Å²) in [5, 5.41) is 3.27. The van der Waals surface area contributed by atoms with Crippen LogP contribution in [0.3, 0.4) is 0 Å². The third-order valence-electron chi connectivity index (χ3n) is 4.13. The minimum Gasteiger partial charge on any atom is -0.341 e. The topological polar surface area (TPSA) is 49.4 Å². The minimum atomic E-state index is 0.0562. The zero-order chi connectivity index (χ0) is 18.4. The van der Waals surface area contributed by atoms with E-state index in [2.05, 4.69) is 12.2 Å². The van der Waals surface area contributed by atoms with E-state index in [1.807, 2.05) is 46.4 Å². The first-order chi connectivity index (χ1) is 11.1. The van der Waals surface area contributed by atoms with Gasteiger partial charge in [0.05, 0.1) is 0 Å². The Kier molecular flexibility index (Phi) is 15.5. The molecule has 138 valence electrons. The van der Waals surface area contributed by atoms with Crippen molar-refractivity contribution in [3.63, 3.8) is 0 Å². The fourth-order valence-electron chi connectivity index (χ4n) is 3.00. The molecule has 0 bridgehead atoms. The highest BCUT2D eigenvalue weighted by molar-refractivity contribution is 5.83. The zero-order valence-corrected chi connectivity index (χ0v) is 16.7. The summed E-state index contributed by atoms with van der Waals surface area (Å²) in [4.78, 5) is 25.7. The van der Waals surface area contributed by atoms with Gasteiger partial charge in [0, 0.05) is 24.9 Å². The van der Waals surface area contributed by atoms with Crippen LogP contribution in [0.5, 0.6) is 0 Å². The van der Waals surface area contributed by atoms with Crippen LogP contribution in [0.1, 0.15) is 68.2 Å². The monoisotopic (exact) mass is 328 g/mol. The molecule has 0 radical (unpaired) electrons. The molecule has 2 unspecified atom stereocenters. The van der Waals surface area contributed by atoms with E-state index in [-0.39, 0.29) is 23.5 Å². The van der Waals surface area contributed by atoms with E-state index in [4.69, 9.17) is 0 Å². The van der Waals surface area contributed by atoms with Crippen LogP contribution in [-0.2, 0) is 9.59 Å². The van der Waals surface area contributed by atoms with Crippen LogP contribution < -0.4 is 5.32 Å². The first-order valence-corrected chi connectivity index (χ1v) is 9.59. The Morgan fingerprint density at radius 2 is 1.39 bits per heavy atom. The largest absolute Gasteiger partial charge is 0.341 e. The molecule has 1 N–H and O–H groups in total. The van der Waals surface area contributed by atoms with Gasteiger partial charge in [0.2, 0.25) is 5.91 Å². The zero-order valence-electron chi connectivity index (χ0n) is 16.7. The lowest BCUT2D eigenvalue weighted by Crippen LogP contribution is -2.40. The summed E-state index contributed by atoms with van der Waals surface area (Å²) in [6, 6.07) is 0. The van der Waals surface area contributed by atoms with Gasteiger partial charge in [-0.05, 0) is 38.8 Å². The van der Waals surface area contributed by atoms with Gasteiger partial charge >= 0.3 is 0 Å². The Labute approximate surface area is 144 Å². The predicted molar refractivity (Wildman–Crippen MR) is 99.6 cm³/mol. The van der Waals surface area contributed by atoms with Crippen LogP contribution in [0.25, 0.3) is 0 Å². The van der Waals surface area contributed by atoms with Crippen molar-refractivity contribution in [2.24, 2.45) is 17.8 Å². The number of likely N-dealkylation sites (tertiary alicyclic amines) is 1. The number of amides is 1. The van der Waals surface area contributed by atoms with E-state index >= 15 is 0 Å². The Morgan fingerprint density at radius 1 is 0.913 bits per heavy atom.